The zero-order valence-corrected chi connectivity index (χ0v) is 16.5. The maximum absolute atomic E-state index is 6.64. The molecule has 0 radical (unpaired) electrons. The minimum atomic E-state index is 0.114. The first kappa shape index (κ1) is 16.6. The van der Waals surface area contributed by atoms with Gasteiger partial charge in [-0.3, -0.25) is 0 Å². The second-order valence-electron chi connectivity index (χ2n) is 6.09. The molecule has 2 heterocycles. The number of ether oxygens (including phenoxy) is 1. The molecule has 21 heavy (non-hydrogen) atoms. The van der Waals surface area contributed by atoms with Crippen LogP contribution in [0.5, 0.6) is 0 Å². The summed E-state index contributed by atoms with van der Waals surface area (Å²) in [4.78, 5) is 0. The highest BCUT2D eigenvalue weighted by Gasteiger charge is 2.40. The molecule has 1 aromatic rings. The lowest BCUT2D eigenvalue weighted by molar-refractivity contribution is -0.105. The Morgan fingerprint density at radius 1 is 1.38 bits per heavy atom. The van der Waals surface area contributed by atoms with Gasteiger partial charge < -0.3 is 10.5 Å². The monoisotopic (exact) mass is 481 g/mol. The van der Waals surface area contributed by atoms with Gasteiger partial charge in [-0.1, -0.05) is 15.9 Å². The van der Waals surface area contributed by atoms with Crippen molar-refractivity contribution in [1.29, 1.82) is 0 Å². The van der Waals surface area contributed by atoms with Crippen molar-refractivity contribution < 1.29 is 4.74 Å². The van der Waals surface area contributed by atoms with E-state index in [0.717, 1.165) is 23.9 Å². The van der Waals surface area contributed by atoms with Gasteiger partial charge in [-0.25, -0.2) is 0 Å². The number of benzene rings is 1. The van der Waals surface area contributed by atoms with Crippen molar-refractivity contribution in [1.82, 2.24) is 0 Å². The molecule has 2 saturated heterocycles. The highest BCUT2D eigenvalue weighted by Crippen LogP contribution is 2.43. The second kappa shape index (κ2) is 7.07. The number of nitrogens with two attached hydrogens (primary N) is 1. The fourth-order valence-electron chi connectivity index (χ4n) is 3.49. The Morgan fingerprint density at radius 2 is 2.14 bits per heavy atom. The molecule has 0 aliphatic carbocycles. The van der Waals surface area contributed by atoms with Crippen LogP contribution in [-0.4, -0.2) is 23.7 Å². The number of rotatable bonds is 2. The summed E-state index contributed by atoms with van der Waals surface area (Å²) in [5, 5.41) is 0. The smallest absolute Gasteiger partial charge is 0.0701 e. The topological polar surface area (TPSA) is 35.2 Å². The Bertz CT molecular complexity index is 502. The third kappa shape index (κ3) is 3.79. The third-order valence-corrected chi connectivity index (χ3v) is 7.22. The first-order valence-electron chi connectivity index (χ1n) is 7.52. The van der Waals surface area contributed by atoms with Crippen LogP contribution in [0.3, 0.4) is 0 Å². The van der Waals surface area contributed by atoms with Gasteiger partial charge >= 0.3 is 0 Å². The van der Waals surface area contributed by atoms with Gasteiger partial charge in [0.2, 0.25) is 0 Å². The van der Waals surface area contributed by atoms with Gasteiger partial charge in [0.05, 0.1) is 5.60 Å². The summed E-state index contributed by atoms with van der Waals surface area (Å²) in [7, 11) is 0. The van der Waals surface area contributed by atoms with E-state index in [1.165, 1.54) is 33.5 Å². The van der Waals surface area contributed by atoms with Gasteiger partial charge in [0, 0.05) is 20.7 Å². The summed E-state index contributed by atoms with van der Waals surface area (Å²) in [6, 6.07) is 6.53. The van der Waals surface area contributed by atoms with E-state index in [-0.39, 0.29) is 11.6 Å². The first-order valence-corrected chi connectivity index (χ1v) is 10.5. The van der Waals surface area contributed by atoms with Crippen LogP contribution in [0.25, 0.3) is 0 Å². The fraction of sp³-hybridized carbons (Fsp3) is 0.625. The van der Waals surface area contributed by atoms with E-state index in [1.54, 1.807) is 0 Å². The predicted molar refractivity (Wildman–Crippen MR) is 102 cm³/mol. The molecule has 2 aliphatic heterocycles. The minimum absolute atomic E-state index is 0.114. The van der Waals surface area contributed by atoms with E-state index in [9.17, 15) is 0 Å². The van der Waals surface area contributed by atoms with Gasteiger partial charge in [-0.2, -0.15) is 11.8 Å². The third-order valence-electron chi connectivity index (χ3n) is 4.76. The second-order valence-corrected chi connectivity index (χ2v) is 9.39. The van der Waals surface area contributed by atoms with Crippen molar-refractivity contribution in [2.24, 2.45) is 11.7 Å². The largest absolute Gasteiger partial charge is 0.375 e. The Hall–Kier alpha value is 0.700. The molecule has 5 heteroatoms. The van der Waals surface area contributed by atoms with Crippen molar-refractivity contribution in [3.05, 3.63) is 31.8 Å². The number of thioether (sulfide) groups is 1. The summed E-state index contributed by atoms with van der Waals surface area (Å²) in [5.41, 5.74) is 8.03. The Balaban J connectivity index is 1.77. The normalized spacial score (nSPS) is 26.7. The molecule has 2 aliphatic rings. The quantitative estimate of drug-likeness (QED) is 0.619. The summed E-state index contributed by atoms with van der Waals surface area (Å²) in [6.45, 7) is 0.869. The van der Waals surface area contributed by atoms with Gasteiger partial charge in [0.25, 0.3) is 0 Å². The first-order chi connectivity index (χ1) is 10.1. The molecule has 0 aromatic heterocycles. The maximum Gasteiger partial charge on any atom is 0.0701 e. The SMILES string of the molecule is NC(c1cc(Br)ccc1I)C1CCOC2(CCSCC2)C1. The minimum Gasteiger partial charge on any atom is -0.375 e. The van der Waals surface area contributed by atoms with Gasteiger partial charge in [-0.15, -0.1) is 0 Å². The average molecular weight is 482 g/mol. The van der Waals surface area contributed by atoms with Crippen LogP contribution in [0.4, 0.5) is 0 Å². The molecule has 2 unspecified atom stereocenters. The lowest BCUT2D eigenvalue weighted by Gasteiger charge is -2.45. The molecular weight excluding hydrogens is 461 g/mol. The molecule has 0 saturated carbocycles. The van der Waals surface area contributed by atoms with Crippen LogP contribution in [0, 0.1) is 9.49 Å². The van der Waals surface area contributed by atoms with E-state index in [1.807, 2.05) is 0 Å². The van der Waals surface area contributed by atoms with Crippen LogP contribution in [-0.2, 0) is 4.74 Å². The molecule has 116 valence electrons. The lowest BCUT2D eigenvalue weighted by Crippen LogP contribution is -2.45. The summed E-state index contributed by atoms with van der Waals surface area (Å²) < 4.78 is 8.58. The molecule has 1 spiro atoms. The maximum atomic E-state index is 6.64. The Morgan fingerprint density at radius 3 is 2.90 bits per heavy atom. The summed E-state index contributed by atoms with van der Waals surface area (Å²) >= 11 is 8.03. The molecular formula is C16H21BrINOS. The summed E-state index contributed by atoms with van der Waals surface area (Å²) in [5.74, 6) is 3.00. The molecule has 2 fully saturated rings. The molecule has 2 nitrogen and oxygen atoms in total. The number of halogens is 2. The molecule has 2 atom stereocenters. The van der Waals surface area contributed by atoms with Crippen molar-refractivity contribution in [2.75, 3.05) is 18.1 Å². The van der Waals surface area contributed by atoms with E-state index in [4.69, 9.17) is 10.5 Å². The van der Waals surface area contributed by atoms with E-state index < -0.39 is 0 Å². The van der Waals surface area contributed by atoms with Crippen LogP contribution in [0.1, 0.15) is 37.3 Å². The highest BCUT2D eigenvalue weighted by molar-refractivity contribution is 14.1. The molecule has 0 amide bonds. The average Bonchev–Trinajstić information content (AvgIpc) is 2.50. The van der Waals surface area contributed by atoms with E-state index in [2.05, 4.69) is 68.5 Å². The van der Waals surface area contributed by atoms with Crippen molar-refractivity contribution in [3.63, 3.8) is 0 Å². The lowest BCUT2D eigenvalue weighted by atomic mass is 9.77. The van der Waals surface area contributed by atoms with Gasteiger partial charge in [0.15, 0.2) is 0 Å². The molecule has 2 N–H and O–H groups in total. The van der Waals surface area contributed by atoms with Gasteiger partial charge in [0.1, 0.15) is 0 Å². The van der Waals surface area contributed by atoms with Crippen LogP contribution < -0.4 is 5.73 Å². The van der Waals surface area contributed by atoms with E-state index >= 15 is 0 Å². The highest BCUT2D eigenvalue weighted by atomic mass is 127. The Kier molecular flexibility index (Phi) is 5.58. The standard InChI is InChI=1S/C16H21BrINOS/c17-12-1-2-14(18)13(9-12)15(19)11-3-6-20-16(10-11)4-7-21-8-5-16/h1-2,9,11,15H,3-8,10,19H2. The van der Waals surface area contributed by atoms with E-state index in [0.29, 0.717) is 5.92 Å². The Labute approximate surface area is 153 Å². The summed E-state index contributed by atoms with van der Waals surface area (Å²) in [6.07, 6.45) is 4.59. The number of hydrogen-bond acceptors (Lipinski definition) is 3. The zero-order valence-electron chi connectivity index (χ0n) is 12.0. The van der Waals surface area contributed by atoms with Crippen molar-refractivity contribution in [3.8, 4) is 0 Å². The van der Waals surface area contributed by atoms with Crippen LogP contribution >= 0.6 is 50.3 Å². The fourth-order valence-corrected chi connectivity index (χ4v) is 5.80. The predicted octanol–water partition coefficient (Wildman–Crippen LogP) is 4.75. The number of hydrogen-bond donors (Lipinski definition) is 1. The van der Waals surface area contributed by atoms with Crippen LogP contribution in [0.2, 0.25) is 0 Å². The molecule has 3 rings (SSSR count). The van der Waals surface area contributed by atoms with Crippen molar-refractivity contribution in [2.45, 2.75) is 37.3 Å². The molecule has 1 aromatic carbocycles. The van der Waals surface area contributed by atoms with Gasteiger partial charge in [-0.05, 0) is 89.5 Å². The van der Waals surface area contributed by atoms with Crippen molar-refractivity contribution >= 4 is 50.3 Å². The zero-order chi connectivity index (χ0) is 14.9. The molecule has 0 bridgehead atoms. The van der Waals surface area contributed by atoms with Crippen LogP contribution in [0.15, 0.2) is 22.7 Å².